The van der Waals surface area contributed by atoms with Crippen LogP contribution in [0, 0.1) is 18.2 Å². The highest BCUT2D eigenvalue weighted by Gasteiger charge is 2.44. The zero-order valence-electron chi connectivity index (χ0n) is 24.4. The molecule has 1 aromatic heterocycles. The van der Waals surface area contributed by atoms with Gasteiger partial charge in [-0.25, -0.2) is 9.49 Å². The van der Waals surface area contributed by atoms with E-state index in [9.17, 15) is 18.8 Å². The highest BCUT2D eigenvalue weighted by Crippen LogP contribution is 2.44. The summed E-state index contributed by atoms with van der Waals surface area (Å²) in [5, 5.41) is 9.17. The zero-order chi connectivity index (χ0) is 29.6. The molecule has 1 aliphatic heterocycles. The van der Waals surface area contributed by atoms with E-state index in [1.165, 1.54) is 12.1 Å². The van der Waals surface area contributed by atoms with Crippen LogP contribution in [0.5, 0.6) is 0 Å². The van der Waals surface area contributed by atoms with Crippen LogP contribution < -0.4 is 10.9 Å². The van der Waals surface area contributed by atoms with Crippen molar-refractivity contribution in [3.63, 3.8) is 0 Å². The SMILES string of the molecule is C=C/C(Cc1cc(C)n[nH]c1=O)=C(C)\C=C(/C)C(=O)NCC(=O)N1[C@H](c2cccc(F)c2)CC[C@@H]1C(C)(C)CC. The van der Waals surface area contributed by atoms with E-state index in [0.29, 0.717) is 23.3 Å². The predicted molar refractivity (Wildman–Crippen MR) is 156 cm³/mol. The third-order valence-electron chi connectivity index (χ3n) is 8.05. The summed E-state index contributed by atoms with van der Waals surface area (Å²) in [7, 11) is 0. The molecule has 8 heteroatoms. The third kappa shape index (κ3) is 7.23. The van der Waals surface area contributed by atoms with E-state index in [-0.39, 0.29) is 47.2 Å². The number of rotatable bonds is 10. The molecule has 2 N–H and O–H groups in total. The number of likely N-dealkylation sites (tertiary alicyclic amines) is 1. The minimum Gasteiger partial charge on any atom is -0.343 e. The standard InChI is InChI=1S/C32H41FN4O3/c1-8-23(17-25-16-22(5)35-36-31(25)40)20(3)15-21(4)30(39)34-19-29(38)37-27(24-11-10-12-26(33)18-24)13-14-28(37)32(6,7)9-2/h8,10-12,15-16,18,27-28H,1,9,13-14,17,19H2,2-7H3,(H,34,39)(H,36,40)/b21-15+,23-20+/t27-,28+/m0/s1. The highest BCUT2D eigenvalue weighted by atomic mass is 19.1. The molecule has 2 atom stereocenters. The van der Waals surface area contributed by atoms with Gasteiger partial charge in [0.1, 0.15) is 5.82 Å². The monoisotopic (exact) mass is 548 g/mol. The molecule has 1 aliphatic rings. The number of aromatic nitrogens is 2. The Bertz CT molecular complexity index is 1390. The Labute approximate surface area is 236 Å². The molecule has 2 amide bonds. The lowest BCUT2D eigenvalue weighted by Crippen LogP contribution is -2.48. The van der Waals surface area contributed by atoms with E-state index in [1.807, 2.05) is 17.9 Å². The maximum absolute atomic E-state index is 14.0. The van der Waals surface area contributed by atoms with Crippen molar-refractivity contribution < 1.29 is 14.0 Å². The lowest BCUT2D eigenvalue weighted by molar-refractivity contribution is -0.137. The first-order valence-electron chi connectivity index (χ1n) is 13.8. The van der Waals surface area contributed by atoms with Gasteiger partial charge in [0.05, 0.1) is 18.3 Å². The molecule has 7 nitrogen and oxygen atoms in total. The van der Waals surface area contributed by atoms with Crippen LogP contribution in [-0.4, -0.2) is 39.5 Å². The Morgan fingerprint density at radius 2 is 1.98 bits per heavy atom. The van der Waals surface area contributed by atoms with Crippen molar-refractivity contribution in [3.05, 3.63) is 98.8 Å². The third-order valence-corrected chi connectivity index (χ3v) is 8.05. The van der Waals surface area contributed by atoms with Gasteiger partial charge < -0.3 is 10.2 Å². The minimum absolute atomic E-state index is 0.0212. The molecule has 1 fully saturated rings. The van der Waals surface area contributed by atoms with Crippen LogP contribution in [-0.2, 0) is 16.0 Å². The number of benzene rings is 1. The predicted octanol–water partition coefficient (Wildman–Crippen LogP) is 5.49. The maximum atomic E-state index is 14.0. The van der Waals surface area contributed by atoms with E-state index in [4.69, 9.17) is 0 Å². The van der Waals surface area contributed by atoms with Gasteiger partial charge in [-0.3, -0.25) is 14.4 Å². The van der Waals surface area contributed by atoms with Gasteiger partial charge in [-0.15, -0.1) is 0 Å². The van der Waals surface area contributed by atoms with Crippen molar-refractivity contribution in [2.24, 2.45) is 5.41 Å². The zero-order valence-corrected chi connectivity index (χ0v) is 24.4. The van der Waals surface area contributed by atoms with E-state index >= 15 is 0 Å². The Morgan fingerprint density at radius 1 is 1.25 bits per heavy atom. The van der Waals surface area contributed by atoms with Crippen LogP contribution in [0.15, 0.2) is 70.6 Å². The second-order valence-electron chi connectivity index (χ2n) is 11.3. The van der Waals surface area contributed by atoms with Gasteiger partial charge in [-0.1, -0.05) is 51.6 Å². The number of allylic oxidation sites excluding steroid dienone is 4. The van der Waals surface area contributed by atoms with Gasteiger partial charge in [0.2, 0.25) is 11.8 Å². The van der Waals surface area contributed by atoms with E-state index in [0.717, 1.165) is 36.0 Å². The molecular weight excluding hydrogens is 507 g/mol. The number of carbonyl (C=O) groups is 2. The number of hydrogen-bond acceptors (Lipinski definition) is 4. The summed E-state index contributed by atoms with van der Waals surface area (Å²) < 4.78 is 14.0. The molecule has 214 valence electrons. The number of halogens is 1. The lowest BCUT2D eigenvalue weighted by Gasteiger charge is -2.40. The van der Waals surface area contributed by atoms with Gasteiger partial charge >= 0.3 is 0 Å². The van der Waals surface area contributed by atoms with E-state index < -0.39 is 0 Å². The van der Waals surface area contributed by atoms with Gasteiger partial charge in [0, 0.05) is 23.6 Å². The lowest BCUT2D eigenvalue weighted by atomic mass is 9.80. The molecule has 2 heterocycles. The molecule has 0 unspecified atom stereocenters. The smallest absolute Gasteiger partial charge is 0.267 e. The summed E-state index contributed by atoms with van der Waals surface area (Å²) in [6, 6.07) is 7.88. The maximum Gasteiger partial charge on any atom is 0.267 e. The van der Waals surface area contributed by atoms with Crippen molar-refractivity contribution in [1.82, 2.24) is 20.4 Å². The Morgan fingerprint density at radius 3 is 2.62 bits per heavy atom. The van der Waals surface area contributed by atoms with Gasteiger partial charge in [0.15, 0.2) is 0 Å². The molecule has 40 heavy (non-hydrogen) atoms. The normalized spacial score (nSPS) is 18.4. The van der Waals surface area contributed by atoms with Crippen LogP contribution in [0.4, 0.5) is 4.39 Å². The summed E-state index contributed by atoms with van der Waals surface area (Å²) >= 11 is 0. The number of carbonyl (C=O) groups excluding carboxylic acids is 2. The average molecular weight is 549 g/mol. The fourth-order valence-corrected chi connectivity index (χ4v) is 5.34. The molecule has 0 spiro atoms. The minimum atomic E-state index is -0.360. The second-order valence-corrected chi connectivity index (χ2v) is 11.3. The van der Waals surface area contributed by atoms with Crippen LogP contribution in [0.1, 0.15) is 76.7 Å². The highest BCUT2D eigenvalue weighted by molar-refractivity contribution is 5.95. The van der Waals surface area contributed by atoms with E-state index in [2.05, 4.69) is 42.9 Å². The summed E-state index contributed by atoms with van der Waals surface area (Å²) in [6.07, 6.45) is 6.19. The Balaban J connectivity index is 1.77. The molecule has 3 rings (SSSR count). The summed E-state index contributed by atoms with van der Waals surface area (Å²) in [6.45, 7) is 15.4. The van der Waals surface area contributed by atoms with Crippen molar-refractivity contribution in [2.75, 3.05) is 6.54 Å². The van der Waals surface area contributed by atoms with Crippen molar-refractivity contribution >= 4 is 11.8 Å². The van der Waals surface area contributed by atoms with Crippen molar-refractivity contribution in [2.45, 2.75) is 79.3 Å². The van der Waals surface area contributed by atoms with Crippen molar-refractivity contribution in [1.29, 1.82) is 0 Å². The number of nitrogens with one attached hydrogen (secondary N) is 2. The molecule has 0 aliphatic carbocycles. The molecule has 1 saturated heterocycles. The molecule has 0 bridgehead atoms. The quantitative estimate of drug-likeness (QED) is 0.303. The molecule has 2 aromatic rings. The number of H-pyrrole nitrogens is 1. The van der Waals surface area contributed by atoms with Gasteiger partial charge in [0.25, 0.3) is 5.56 Å². The van der Waals surface area contributed by atoms with Gasteiger partial charge in [-0.2, -0.15) is 5.10 Å². The van der Waals surface area contributed by atoms with Gasteiger partial charge in [-0.05, 0) is 80.4 Å². The van der Waals surface area contributed by atoms with Crippen LogP contribution in [0.2, 0.25) is 0 Å². The molecule has 1 aromatic carbocycles. The number of aromatic amines is 1. The van der Waals surface area contributed by atoms with Crippen LogP contribution in [0.25, 0.3) is 0 Å². The van der Waals surface area contributed by atoms with Crippen LogP contribution >= 0.6 is 0 Å². The summed E-state index contributed by atoms with van der Waals surface area (Å²) in [5.41, 5.74) is 3.66. The van der Waals surface area contributed by atoms with Crippen molar-refractivity contribution in [3.8, 4) is 0 Å². The summed E-state index contributed by atoms with van der Waals surface area (Å²) in [5.74, 6) is -0.879. The summed E-state index contributed by atoms with van der Waals surface area (Å²) in [4.78, 5) is 40.6. The number of nitrogens with zero attached hydrogens (tertiary/aromatic N) is 2. The first-order valence-corrected chi connectivity index (χ1v) is 13.8. The number of hydrogen-bond donors (Lipinski definition) is 2. The number of amides is 2. The topological polar surface area (TPSA) is 95.2 Å². The molecular formula is C32H41FN4O3. The fourth-order valence-electron chi connectivity index (χ4n) is 5.34. The van der Waals surface area contributed by atoms with Crippen LogP contribution in [0.3, 0.4) is 0 Å². The van der Waals surface area contributed by atoms with E-state index in [1.54, 1.807) is 38.1 Å². The Kier molecular flexibility index (Phi) is 10.0. The first-order chi connectivity index (χ1) is 18.9. The molecule has 0 radical (unpaired) electrons. The molecule has 0 saturated carbocycles. The fraction of sp³-hybridized carbons (Fsp3) is 0.438. The average Bonchev–Trinajstić information content (AvgIpc) is 3.38. The Hall–Kier alpha value is -3.81. The number of aryl methyl sites for hydroxylation is 1. The second kappa shape index (κ2) is 13.0. The first kappa shape index (κ1) is 30.7. The largest absolute Gasteiger partial charge is 0.343 e.